The molecule has 1 aliphatic carbocycles. The molecule has 1 aromatic carbocycles. The van der Waals surface area contributed by atoms with Gasteiger partial charge in [0.05, 0.1) is 9.36 Å². The third kappa shape index (κ3) is 6.12. The average Bonchev–Trinajstić information content (AvgIpc) is 3.51. The van der Waals surface area contributed by atoms with Gasteiger partial charge in [-0.15, -0.1) is 22.7 Å². The molecule has 0 radical (unpaired) electrons. The van der Waals surface area contributed by atoms with E-state index in [1.807, 2.05) is 29.5 Å². The van der Waals surface area contributed by atoms with E-state index in [1.165, 1.54) is 69.6 Å². The van der Waals surface area contributed by atoms with Gasteiger partial charge in [-0.3, -0.25) is 9.59 Å². The van der Waals surface area contributed by atoms with E-state index in [0.717, 1.165) is 24.1 Å². The molecule has 0 N–H and O–H groups in total. The van der Waals surface area contributed by atoms with E-state index in [1.54, 1.807) is 23.5 Å². The molecule has 2 heterocycles. The van der Waals surface area contributed by atoms with E-state index < -0.39 is 0 Å². The molecule has 0 saturated carbocycles. The average molecular weight is 570 g/mol. The van der Waals surface area contributed by atoms with Crippen LogP contribution >= 0.6 is 38.6 Å². The van der Waals surface area contributed by atoms with Crippen molar-refractivity contribution in [2.45, 2.75) is 78.1 Å². The van der Waals surface area contributed by atoms with Gasteiger partial charge in [0.25, 0.3) is 0 Å². The van der Waals surface area contributed by atoms with Crippen LogP contribution < -0.4 is 0 Å². The number of aryl methyl sites for hydroxylation is 2. The molecule has 4 rings (SSSR count). The molecule has 1 aliphatic rings. The molecule has 2 nitrogen and oxygen atoms in total. The van der Waals surface area contributed by atoms with Crippen molar-refractivity contribution in [3.05, 3.63) is 72.9 Å². The van der Waals surface area contributed by atoms with Gasteiger partial charge in [-0.1, -0.05) is 76.6 Å². The van der Waals surface area contributed by atoms with Crippen LogP contribution in [0.25, 0.3) is 15.8 Å². The van der Waals surface area contributed by atoms with E-state index in [9.17, 15) is 9.59 Å². The lowest BCUT2D eigenvalue weighted by Gasteiger charge is -2.02. The predicted molar refractivity (Wildman–Crippen MR) is 154 cm³/mol. The summed E-state index contributed by atoms with van der Waals surface area (Å²) in [7, 11) is 0. The molecule has 3 aromatic rings. The molecule has 0 aliphatic heterocycles. The van der Waals surface area contributed by atoms with Gasteiger partial charge in [-0.05, 0) is 70.9 Å². The summed E-state index contributed by atoms with van der Waals surface area (Å²) < 4.78 is 1.23. The highest BCUT2D eigenvalue weighted by atomic mass is 79.9. The third-order valence-electron chi connectivity index (χ3n) is 6.60. The lowest BCUT2D eigenvalue weighted by atomic mass is 10.0. The molecule has 0 saturated heterocycles. The second-order valence-corrected chi connectivity index (χ2v) is 12.7. The number of ketones is 2. The molecular weight excluding hydrogens is 536 g/mol. The summed E-state index contributed by atoms with van der Waals surface area (Å²) in [5, 5.41) is 0. The number of hydrogen-bond donors (Lipinski definition) is 0. The number of carbonyl (C=O) groups is 2. The van der Waals surface area contributed by atoms with Crippen LogP contribution in [0.2, 0.25) is 0 Å². The largest absolute Gasteiger partial charge is 0.288 e. The standard InChI is InChI=1S/C30H33BrO2S2/c1-3-5-7-9-13-20-17-22(19-25-27(32)23-15-11-12-16-24(23)28(25)33)34-29(20)26-18-21(30(31)35-26)14-10-8-6-4-2/h11-12,15-19H,3-10,13-14H2,1-2H3. The van der Waals surface area contributed by atoms with Crippen molar-refractivity contribution in [1.29, 1.82) is 0 Å². The summed E-state index contributed by atoms with van der Waals surface area (Å²) in [5.41, 5.74) is 4.06. The SMILES string of the molecule is CCCCCCc1cc(-c2sc(C=C3C(=O)c4ccccc4C3=O)cc2CCCCCC)sc1Br. The van der Waals surface area contributed by atoms with Gasteiger partial charge in [-0.2, -0.15) is 0 Å². The minimum atomic E-state index is -0.154. The second kappa shape index (κ2) is 12.4. The van der Waals surface area contributed by atoms with Crippen molar-refractivity contribution in [2.24, 2.45) is 0 Å². The molecule has 35 heavy (non-hydrogen) atoms. The van der Waals surface area contributed by atoms with Gasteiger partial charge in [0.15, 0.2) is 11.6 Å². The monoisotopic (exact) mass is 568 g/mol. The minimum Gasteiger partial charge on any atom is -0.288 e. The Morgan fingerprint density at radius 3 is 1.97 bits per heavy atom. The first-order chi connectivity index (χ1) is 17.0. The summed E-state index contributed by atoms with van der Waals surface area (Å²) in [4.78, 5) is 29.4. The van der Waals surface area contributed by atoms with Crippen molar-refractivity contribution in [3.63, 3.8) is 0 Å². The maximum absolute atomic E-state index is 12.9. The van der Waals surface area contributed by atoms with Crippen LogP contribution in [0.5, 0.6) is 0 Å². The Labute approximate surface area is 225 Å². The summed E-state index contributed by atoms with van der Waals surface area (Å²) >= 11 is 7.33. The fourth-order valence-corrected chi connectivity index (χ4v) is 7.70. The number of thiophene rings is 2. The van der Waals surface area contributed by atoms with Crippen LogP contribution in [0, 0.1) is 0 Å². The van der Waals surface area contributed by atoms with Crippen LogP contribution in [-0.2, 0) is 12.8 Å². The van der Waals surface area contributed by atoms with Crippen molar-refractivity contribution < 1.29 is 9.59 Å². The molecule has 2 aromatic heterocycles. The number of carbonyl (C=O) groups excluding carboxylic acids is 2. The maximum Gasteiger partial charge on any atom is 0.197 e. The van der Waals surface area contributed by atoms with Crippen LogP contribution in [0.3, 0.4) is 0 Å². The fourth-order valence-electron chi connectivity index (χ4n) is 4.63. The number of halogens is 1. The van der Waals surface area contributed by atoms with E-state index in [0.29, 0.717) is 16.7 Å². The molecule has 0 fully saturated rings. The van der Waals surface area contributed by atoms with Gasteiger partial charge in [0.2, 0.25) is 0 Å². The summed E-state index contributed by atoms with van der Waals surface area (Å²) in [5.74, 6) is -0.309. The normalized spacial score (nSPS) is 13.1. The predicted octanol–water partition coefficient (Wildman–Crippen LogP) is 9.95. The lowest BCUT2D eigenvalue weighted by Crippen LogP contribution is -1.99. The molecule has 0 amide bonds. The van der Waals surface area contributed by atoms with Crippen LogP contribution in [0.4, 0.5) is 0 Å². The minimum absolute atomic E-state index is 0.154. The zero-order valence-electron chi connectivity index (χ0n) is 20.6. The smallest absolute Gasteiger partial charge is 0.197 e. The van der Waals surface area contributed by atoms with Crippen LogP contribution in [0.1, 0.15) is 102 Å². The molecular formula is C30H33BrO2S2. The Kier molecular flexibility index (Phi) is 9.32. The number of rotatable bonds is 12. The number of Topliss-reactive ketones (excluding diaryl/α,β-unsaturated/α-hetero) is 2. The summed E-state index contributed by atoms with van der Waals surface area (Å²) in [6, 6.07) is 11.7. The van der Waals surface area contributed by atoms with Gasteiger partial charge in [0.1, 0.15) is 0 Å². The van der Waals surface area contributed by atoms with E-state index in [2.05, 4.69) is 41.9 Å². The Hall–Kier alpha value is -1.82. The second-order valence-electron chi connectivity index (χ2n) is 9.30. The summed E-state index contributed by atoms with van der Waals surface area (Å²) in [6.07, 6.45) is 13.9. The number of fused-ring (bicyclic) bond motifs is 1. The Morgan fingerprint density at radius 2 is 1.37 bits per heavy atom. The van der Waals surface area contributed by atoms with Crippen LogP contribution in [0.15, 0.2) is 45.8 Å². The highest BCUT2D eigenvalue weighted by Crippen LogP contribution is 2.43. The van der Waals surface area contributed by atoms with Gasteiger partial charge in [-0.25, -0.2) is 0 Å². The molecule has 5 heteroatoms. The van der Waals surface area contributed by atoms with E-state index in [-0.39, 0.29) is 11.6 Å². The van der Waals surface area contributed by atoms with Gasteiger partial charge >= 0.3 is 0 Å². The maximum atomic E-state index is 12.9. The lowest BCUT2D eigenvalue weighted by molar-refractivity contribution is 0.0990. The number of allylic oxidation sites excluding steroid dienone is 1. The quantitative estimate of drug-likeness (QED) is 0.124. The molecule has 184 valence electrons. The van der Waals surface area contributed by atoms with Gasteiger partial charge in [0, 0.05) is 25.8 Å². The third-order valence-corrected chi connectivity index (χ3v) is 9.87. The first-order valence-corrected chi connectivity index (χ1v) is 15.3. The zero-order chi connectivity index (χ0) is 24.8. The first-order valence-electron chi connectivity index (χ1n) is 12.8. The number of hydrogen-bond acceptors (Lipinski definition) is 4. The molecule has 0 spiro atoms. The number of benzene rings is 1. The summed E-state index contributed by atoms with van der Waals surface area (Å²) in [6.45, 7) is 4.48. The van der Waals surface area contributed by atoms with Crippen molar-refractivity contribution in [1.82, 2.24) is 0 Å². The Balaban J connectivity index is 1.63. The van der Waals surface area contributed by atoms with E-state index in [4.69, 9.17) is 0 Å². The van der Waals surface area contributed by atoms with Gasteiger partial charge < -0.3 is 0 Å². The first kappa shape index (κ1) is 26.2. The Morgan fingerprint density at radius 1 is 0.771 bits per heavy atom. The topological polar surface area (TPSA) is 34.1 Å². The Bertz CT molecular complexity index is 1190. The fraction of sp³-hybridized carbons (Fsp3) is 0.400. The van der Waals surface area contributed by atoms with Crippen molar-refractivity contribution >= 4 is 56.2 Å². The molecule has 0 bridgehead atoms. The molecule has 0 unspecified atom stereocenters. The highest BCUT2D eigenvalue weighted by Gasteiger charge is 2.32. The van der Waals surface area contributed by atoms with Crippen molar-refractivity contribution in [2.75, 3.05) is 0 Å². The molecule has 0 atom stereocenters. The zero-order valence-corrected chi connectivity index (χ0v) is 23.8. The highest BCUT2D eigenvalue weighted by molar-refractivity contribution is 9.11. The van der Waals surface area contributed by atoms with Crippen LogP contribution in [-0.4, -0.2) is 11.6 Å². The number of unbranched alkanes of at least 4 members (excludes halogenated alkanes) is 6. The van der Waals surface area contributed by atoms with Crippen molar-refractivity contribution in [3.8, 4) is 9.75 Å². The van der Waals surface area contributed by atoms with E-state index >= 15 is 0 Å².